The third-order valence-electron chi connectivity index (χ3n) is 0.483. The molecule has 0 heterocycles. The van der Waals surface area contributed by atoms with Gasteiger partial charge in [-0.1, -0.05) is 0 Å². The summed E-state index contributed by atoms with van der Waals surface area (Å²) in [7, 11) is 0. The van der Waals surface area contributed by atoms with Gasteiger partial charge >= 0.3 is 0 Å². The third kappa shape index (κ3) is 5.08. The molecule has 0 amide bonds. The first-order chi connectivity index (χ1) is 3.41. The molecular formula is C5H8O2. The number of hydrogen-bond donors (Lipinski definition) is 2. The lowest BCUT2D eigenvalue weighted by atomic mass is 10.4. The van der Waals surface area contributed by atoms with Gasteiger partial charge in [-0.25, -0.2) is 0 Å². The molecule has 2 nitrogen and oxygen atoms in total. The highest BCUT2D eigenvalue weighted by atomic mass is 16.2. The Morgan fingerprint density at radius 3 is 1.71 bits per heavy atom. The first-order valence-corrected chi connectivity index (χ1v) is 2.00. The Morgan fingerprint density at radius 2 is 1.43 bits per heavy atom. The number of aliphatic hydroxyl groups is 2. The zero-order chi connectivity index (χ0) is 5.54. The molecule has 40 valence electrons. The first kappa shape index (κ1) is 6.08. The van der Waals surface area contributed by atoms with Crippen molar-refractivity contribution < 1.29 is 10.2 Å². The highest BCUT2D eigenvalue weighted by Crippen LogP contribution is 1.80. The summed E-state index contributed by atoms with van der Waals surface area (Å²) in [6, 6.07) is 0. The van der Waals surface area contributed by atoms with Gasteiger partial charge in [0.15, 0.2) is 0 Å². The molecule has 7 heavy (non-hydrogen) atoms. The van der Waals surface area contributed by atoms with Crippen LogP contribution < -0.4 is 0 Å². The fraction of sp³-hybridized carbons (Fsp3) is 0.200. The van der Waals surface area contributed by atoms with Gasteiger partial charge in [0.1, 0.15) is 0 Å². The molecule has 0 saturated carbocycles. The topological polar surface area (TPSA) is 40.5 Å². The van der Waals surface area contributed by atoms with Crippen LogP contribution in [0.1, 0.15) is 6.42 Å². The predicted molar refractivity (Wildman–Crippen MR) is 28.2 cm³/mol. The Kier molecular flexibility index (Phi) is 4.41. The van der Waals surface area contributed by atoms with E-state index >= 15 is 0 Å². The van der Waals surface area contributed by atoms with Gasteiger partial charge in [0, 0.05) is 0 Å². The molecule has 0 bridgehead atoms. The molecule has 0 aliphatic rings. The van der Waals surface area contributed by atoms with E-state index in [1.165, 1.54) is 12.2 Å². The molecule has 0 aliphatic carbocycles. The summed E-state index contributed by atoms with van der Waals surface area (Å²) in [5.41, 5.74) is 0. The van der Waals surface area contributed by atoms with Gasteiger partial charge in [0.2, 0.25) is 0 Å². The standard InChI is InChI=1S/C5H8O2/c6-4-2-1-3-5-7/h2-7H,1H2/b4-2+,5-3+. The third-order valence-corrected chi connectivity index (χ3v) is 0.483. The summed E-state index contributed by atoms with van der Waals surface area (Å²) in [6.45, 7) is 0. The average Bonchev–Trinajstić information content (AvgIpc) is 1.69. The maximum atomic E-state index is 8.00. The lowest BCUT2D eigenvalue weighted by Crippen LogP contribution is -1.56. The molecule has 2 N–H and O–H groups in total. The highest BCUT2D eigenvalue weighted by molar-refractivity contribution is 4.84. The summed E-state index contributed by atoms with van der Waals surface area (Å²) in [5, 5.41) is 16.0. The smallest absolute Gasteiger partial charge is 0.0754 e. The van der Waals surface area contributed by atoms with Gasteiger partial charge in [-0.15, -0.1) is 0 Å². The van der Waals surface area contributed by atoms with E-state index in [-0.39, 0.29) is 0 Å². The minimum absolute atomic E-state index is 0.576. The summed E-state index contributed by atoms with van der Waals surface area (Å²) >= 11 is 0. The van der Waals surface area contributed by atoms with Crippen LogP contribution in [0.5, 0.6) is 0 Å². The number of rotatable bonds is 2. The first-order valence-electron chi connectivity index (χ1n) is 2.00. The second-order valence-corrected chi connectivity index (χ2v) is 1.01. The van der Waals surface area contributed by atoms with Crippen molar-refractivity contribution in [1.29, 1.82) is 0 Å². The molecule has 0 saturated heterocycles. The van der Waals surface area contributed by atoms with Crippen molar-refractivity contribution in [3.8, 4) is 0 Å². The molecule has 0 aromatic rings. The van der Waals surface area contributed by atoms with Gasteiger partial charge in [0.25, 0.3) is 0 Å². The second kappa shape index (κ2) is 5.08. The van der Waals surface area contributed by atoms with Crippen LogP contribution in [0.15, 0.2) is 24.7 Å². The molecular weight excluding hydrogens is 92.1 g/mol. The van der Waals surface area contributed by atoms with Crippen molar-refractivity contribution in [3.05, 3.63) is 24.7 Å². The van der Waals surface area contributed by atoms with Crippen molar-refractivity contribution in [3.63, 3.8) is 0 Å². The highest BCUT2D eigenvalue weighted by Gasteiger charge is 1.63. The molecule has 2 heteroatoms. The van der Waals surface area contributed by atoms with E-state index in [1.54, 1.807) is 0 Å². The van der Waals surface area contributed by atoms with Crippen LogP contribution in [0.2, 0.25) is 0 Å². The lowest BCUT2D eigenvalue weighted by Gasteiger charge is -1.72. The zero-order valence-corrected chi connectivity index (χ0v) is 3.91. The molecule has 0 unspecified atom stereocenters. The number of aliphatic hydroxyl groups excluding tert-OH is 2. The van der Waals surface area contributed by atoms with Crippen molar-refractivity contribution in [2.45, 2.75) is 6.42 Å². The Balaban J connectivity index is 2.98. The van der Waals surface area contributed by atoms with Crippen molar-refractivity contribution >= 4 is 0 Å². The van der Waals surface area contributed by atoms with Crippen LogP contribution in [0, 0.1) is 0 Å². The molecule has 0 aliphatic heterocycles. The van der Waals surface area contributed by atoms with E-state index in [2.05, 4.69) is 0 Å². The van der Waals surface area contributed by atoms with E-state index in [0.29, 0.717) is 6.42 Å². The zero-order valence-electron chi connectivity index (χ0n) is 3.91. The van der Waals surface area contributed by atoms with Gasteiger partial charge in [-0.3, -0.25) is 0 Å². The SMILES string of the molecule is O/C=C/C/C=C/O. The molecule has 0 radical (unpaired) electrons. The van der Waals surface area contributed by atoms with Crippen molar-refractivity contribution in [2.75, 3.05) is 0 Å². The van der Waals surface area contributed by atoms with Gasteiger partial charge in [-0.2, -0.15) is 0 Å². The van der Waals surface area contributed by atoms with Crippen molar-refractivity contribution in [1.82, 2.24) is 0 Å². The Labute approximate surface area is 42.4 Å². The van der Waals surface area contributed by atoms with Gasteiger partial charge < -0.3 is 10.2 Å². The maximum absolute atomic E-state index is 8.00. The number of hydrogen-bond acceptors (Lipinski definition) is 2. The van der Waals surface area contributed by atoms with Crippen LogP contribution in [-0.2, 0) is 0 Å². The van der Waals surface area contributed by atoms with Crippen LogP contribution in [-0.4, -0.2) is 10.2 Å². The molecule has 0 aromatic carbocycles. The monoisotopic (exact) mass is 100 g/mol. The predicted octanol–water partition coefficient (Wildman–Crippen LogP) is 1.52. The van der Waals surface area contributed by atoms with Gasteiger partial charge in [0.05, 0.1) is 12.5 Å². The quantitative estimate of drug-likeness (QED) is 0.516. The molecule has 0 fully saturated rings. The summed E-state index contributed by atoms with van der Waals surface area (Å²) in [6.07, 6.45) is 5.51. The summed E-state index contributed by atoms with van der Waals surface area (Å²) in [5.74, 6) is 0. The molecule has 0 aromatic heterocycles. The largest absolute Gasteiger partial charge is 0.516 e. The number of allylic oxidation sites excluding steroid dienone is 2. The fourth-order valence-electron chi connectivity index (χ4n) is 0.200. The minimum Gasteiger partial charge on any atom is -0.516 e. The Hall–Kier alpha value is -0.920. The lowest BCUT2D eigenvalue weighted by molar-refractivity contribution is 0.468. The normalized spacial score (nSPS) is 11.4. The van der Waals surface area contributed by atoms with Crippen molar-refractivity contribution in [2.24, 2.45) is 0 Å². The van der Waals surface area contributed by atoms with Crippen LogP contribution >= 0.6 is 0 Å². The summed E-state index contributed by atoms with van der Waals surface area (Å²) in [4.78, 5) is 0. The van der Waals surface area contributed by atoms with Crippen LogP contribution in [0.4, 0.5) is 0 Å². The van der Waals surface area contributed by atoms with E-state index in [1.807, 2.05) is 0 Å². The molecule has 0 atom stereocenters. The van der Waals surface area contributed by atoms with Crippen LogP contribution in [0.3, 0.4) is 0 Å². The van der Waals surface area contributed by atoms with Gasteiger partial charge in [-0.05, 0) is 18.6 Å². The average molecular weight is 100 g/mol. The maximum Gasteiger partial charge on any atom is 0.0754 e. The minimum atomic E-state index is 0.576. The van der Waals surface area contributed by atoms with E-state index in [9.17, 15) is 0 Å². The second-order valence-electron chi connectivity index (χ2n) is 1.01. The van der Waals surface area contributed by atoms with E-state index < -0.39 is 0 Å². The van der Waals surface area contributed by atoms with Crippen LogP contribution in [0.25, 0.3) is 0 Å². The fourth-order valence-corrected chi connectivity index (χ4v) is 0.200. The van der Waals surface area contributed by atoms with E-state index in [0.717, 1.165) is 12.5 Å². The molecule has 0 rings (SSSR count). The Bertz CT molecular complexity index is 64.1. The molecule has 0 spiro atoms. The van der Waals surface area contributed by atoms with E-state index in [4.69, 9.17) is 10.2 Å². The summed E-state index contributed by atoms with van der Waals surface area (Å²) < 4.78 is 0. The Morgan fingerprint density at radius 1 is 1.00 bits per heavy atom.